The van der Waals surface area contributed by atoms with Gasteiger partial charge in [-0.25, -0.2) is 0 Å². The molecule has 0 radical (unpaired) electrons. The maximum atomic E-state index is 5.67. The highest BCUT2D eigenvalue weighted by molar-refractivity contribution is 5.80. The van der Waals surface area contributed by atoms with Crippen LogP contribution in [0.2, 0.25) is 0 Å². The standard InChI is InChI=1S/C22H34N4O/c1-23-21(26-13-9-22(17-26)10-14-27-18-22)24-15-19-7-3-4-8-20(19)16-25-11-5-2-6-12-25/h3-4,7-8H,2,5-6,9-18H2,1H3,(H,23,24). The monoisotopic (exact) mass is 370 g/mol. The molecule has 3 saturated heterocycles. The third-order valence-corrected chi connectivity index (χ3v) is 6.53. The number of rotatable bonds is 4. The van der Waals surface area contributed by atoms with Crippen LogP contribution in [0.15, 0.2) is 29.3 Å². The van der Waals surface area contributed by atoms with Gasteiger partial charge in [0.15, 0.2) is 5.96 Å². The Morgan fingerprint density at radius 2 is 1.93 bits per heavy atom. The molecule has 1 atom stereocenters. The highest BCUT2D eigenvalue weighted by Crippen LogP contribution is 2.38. The SMILES string of the molecule is CN=C(NCc1ccccc1CN1CCCCC1)N1CCC2(CCOC2)C1. The molecular weight excluding hydrogens is 336 g/mol. The molecule has 3 aliphatic rings. The predicted molar refractivity (Wildman–Crippen MR) is 110 cm³/mol. The van der Waals surface area contributed by atoms with Crippen molar-refractivity contribution in [2.45, 2.75) is 45.2 Å². The van der Waals surface area contributed by atoms with E-state index in [-0.39, 0.29) is 0 Å². The molecule has 1 aromatic carbocycles. The Labute approximate surface area is 163 Å². The summed E-state index contributed by atoms with van der Waals surface area (Å²) in [5.74, 6) is 1.03. The zero-order valence-corrected chi connectivity index (χ0v) is 16.8. The minimum atomic E-state index is 0.365. The first-order chi connectivity index (χ1) is 13.3. The number of nitrogens with one attached hydrogen (secondary N) is 1. The van der Waals surface area contributed by atoms with Crippen molar-refractivity contribution in [3.8, 4) is 0 Å². The lowest BCUT2D eigenvalue weighted by molar-refractivity contribution is 0.156. The summed E-state index contributed by atoms with van der Waals surface area (Å²) in [5.41, 5.74) is 3.20. The molecule has 1 N–H and O–H groups in total. The van der Waals surface area contributed by atoms with Crippen molar-refractivity contribution >= 4 is 5.96 Å². The van der Waals surface area contributed by atoms with Crippen LogP contribution in [-0.4, -0.2) is 62.2 Å². The molecule has 0 aliphatic carbocycles. The van der Waals surface area contributed by atoms with Gasteiger partial charge in [-0.1, -0.05) is 30.7 Å². The molecule has 5 nitrogen and oxygen atoms in total. The van der Waals surface area contributed by atoms with E-state index in [0.717, 1.165) is 45.4 Å². The fraction of sp³-hybridized carbons (Fsp3) is 0.682. The second-order valence-corrected chi connectivity index (χ2v) is 8.48. The molecule has 27 heavy (non-hydrogen) atoms. The van der Waals surface area contributed by atoms with E-state index in [4.69, 9.17) is 4.74 Å². The Bertz CT molecular complexity index is 647. The first-order valence-corrected chi connectivity index (χ1v) is 10.6. The summed E-state index contributed by atoms with van der Waals surface area (Å²) in [5, 5.41) is 3.63. The number of benzene rings is 1. The lowest BCUT2D eigenvalue weighted by Crippen LogP contribution is -2.41. The summed E-state index contributed by atoms with van der Waals surface area (Å²) in [6, 6.07) is 8.87. The third kappa shape index (κ3) is 4.46. The van der Waals surface area contributed by atoms with Crippen LogP contribution in [-0.2, 0) is 17.8 Å². The summed E-state index contributed by atoms with van der Waals surface area (Å²) in [6.07, 6.45) is 6.48. The van der Waals surface area contributed by atoms with Gasteiger partial charge in [0.1, 0.15) is 0 Å². The zero-order valence-electron chi connectivity index (χ0n) is 16.8. The van der Waals surface area contributed by atoms with Crippen LogP contribution in [0.1, 0.15) is 43.2 Å². The van der Waals surface area contributed by atoms with E-state index in [1.165, 1.54) is 56.3 Å². The van der Waals surface area contributed by atoms with Crippen LogP contribution in [0.4, 0.5) is 0 Å². The van der Waals surface area contributed by atoms with Gasteiger partial charge >= 0.3 is 0 Å². The van der Waals surface area contributed by atoms with E-state index in [9.17, 15) is 0 Å². The molecule has 0 aromatic heterocycles. The first kappa shape index (κ1) is 18.8. The molecule has 0 amide bonds. The van der Waals surface area contributed by atoms with Crippen LogP contribution in [0.5, 0.6) is 0 Å². The maximum Gasteiger partial charge on any atom is 0.193 e. The van der Waals surface area contributed by atoms with Crippen molar-refractivity contribution in [1.29, 1.82) is 0 Å². The average Bonchev–Trinajstić information content (AvgIpc) is 3.34. The Hall–Kier alpha value is -1.59. The second kappa shape index (κ2) is 8.61. The van der Waals surface area contributed by atoms with Crippen LogP contribution < -0.4 is 5.32 Å². The van der Waals surface area contributed by atoms with Gasteiger partial charge in [-0.05, 0) is 49.9 Å². The lowest BCUT2D eigenvalue weighted by Gasteiger charge is -2.28. The molecule has 1 spiro atoms. The van der Waals surface area contributed by atoms with Crippen LogP contribution in [0.25, 0.3) is 0 Å². The summed E-state index contributed by atoms with van der Waals surface area (Å²) >= 11 is 0. The molecule has 1 aromatic rings. The van der Waals surface area contributed by atoms with Gasteiger partial charge in [0.05, 0.1) is 6.61 Å². The minimum absolute atomic E-state index is 0.365. The Balaban J connectivity index is 1.36. The van der Waals surface area contributed by atoms with Gasteiger partial charge in [0, 0.05) is 45.2 Å². The van der Waals surface area contributed by atoms with Crippen molar-refractivity contribution in [3.63, 3.8) is 0 Å². The number of nitrogens with zero attached hydrogens (tertiary/aromatic N) is 3. The topological polar surface area (TPSA) is 40.1 Å². The van der Waals surface area contributed by atoms with Crippen LogP contribution >= 0.6 is 0 Å². The van der Waals surface area contributed by atoms with Crippen LogP contribution in [0, 0.1) is 5.41 Å². The van der Waals surface area contributed by atoms with Gasteiger partial charge in [-0.15, -0.1) is 0 Å². The molecule has 0 saturated carbocycles. The van der Waals surface area contributed by atoms with E-state index in [1.807, 2.05) is 7.05 Å². The number of hydrogen-bond acceptors (Lipinski definition) is 3. The summed E-state index contributed by atoms with van der Waals surface area (Å²) in [4.78, 5) is 9.58. The third-order valence-electron chi connectivity index (χ3n) is 6.53. The van der Waals surface area contributed by atoms with Crippen molar-refractivity contribution in [2.75, 3.05) is 46.4 Å². The number of piperidine rings is 1. The fourth-order valence-electron chi connectivity index (χ4n) is 4.84. The van der Waals surface area contributed by atoms with Gasteiger partial charge in [-0.2, -0.15) is 0 Å². The molecule has 4 rings (SSSR count). The van der Waals surface area contributed by atoms with Gasteiger partial charge < -0.3 is 15.0 Å². The lowest BCUT2D eigenvalue weighted by atomic mass is 9.87. The molecule has 148 valence electrons. The fourth-order valence-corrected chi connectivity index (χ4v) is 4.84. The molecule has 3 heterocycles. The number of ether oxygens (including phenoxy) is 1. The number of hydrogen-bond donors (Lipinski definition) is 1. The molecule has 3 fully saturated rings. The van der Waals surface area contributed by atoms with E-state index in [1.54, 1.807) is 0 Å². The summed E-state index contributed by atoms with van der Waals surface area (Å²) in [7, 11) is 1.90. The number of guanidine groups is 1. The van der Waals surface area contributed by atoms with Crippen LogP contribution in [0.3, 0.4) is 0 Å². The summed E-state index contributed by atoms with van der Waals surface area (Å²) < 4.78 is 5.67. The van der Waals surface area contributed by atoms with Crippen molar-refractivity contribution < 1.29 is 4.74 Å². The quantitative estimate of drug-likeness (QED) is 0.654. The van der Waals surface area contributed by atoms with Crippen molar-refractivity contribution in [3.05, 3.63) is 35.4 Å². The second-order valence-electron chi connectivity index (χ2n) is 8.48. The minimum Gasteiger partial charge on any atom is -0.381 e. The van der Waals surface area contributed by atoms with Gasteiger partial charge in [0.2, 0.25) is 0 Å². The van der Waals surface area contributed by atoms with Crippen molar-refractivity contribution in [2.24, 2.45) is 10.4 Å². The van der Waals surface area contributed by atoms with E-state index in [2.05, 4.69) is 44.4 Å². The average molecular weight is 371 g/mol. The van der Waals surface area contributed by atoms with E-state index >= 15 is 0 Å². The van der Waals surface area contributed by atoms with Crippen molar-refractivity contribution in [1.82, 2.24) is 15.1 Å². The van der Waals surface area contributed by atoms with Gasteiger partial charge in [0.25, 0.3) is 0 Å². The Morgan fingerprint density at radius 1 is 1.11 bits per heavy atom. The van der Waals surface area contributed by atoms with E-state index < -0.39 is 0 Å². The molecule has 3 aliphatic heterocycles. The zero-order chi connectivity index (χ0) is 18.5. The highest BCUT2D eigenvalue weighted by atomic mass is 16.5. The number of aliphatic imine (C=N–C) groups is 1. The largest absolute Gasteiger partial charge is 0.381 e. The summed E-state index contributed by atoms with van der Waals surface area (Å²) in [6.45, 7) is 8.38. The highest BCUT2D eigenvalue weighted by Gasteiger charge is 2.42. The normalized spacial score (nSPS) is 26.9. The molecular formula is C22H34N4O. The number of likely N-dealkylation sites (tertiary alicyclic amines) is 2. The molecule has 1 unspecified atom stereocenters. The smallest absolute Gasteiger partial charge is 0.193 e. The molecule has 0 bridgehead atoms. The Morgan fingerprint density at radius 3 is 2.67 bits per heavy atom. The molecule has 5 heteroatoms. The van der Waals surface area contributed by atoms with Gasteiger partial charge in [-0.3, -0.25) is 9.89 Å². The Kier molecular flexibility index (Phi) is 5.98. The first-order valence-electron chi connectivity index (χ1n) is 10.6. The predicted octanol–water partition coefficient (Wildman–Crippen LogP) is 2.86. The van der Waals surface area contributed by atoms with E-state index in [0.29, 0.717) is 5.41 Å². The maximum absolute atomic E-state index is 5.67.